The number of benzene rings is 6. The summed E-state index contributed by atoms with van der Waals surface area (Å²) >= 11 is 0. The van der Waals surface area contributed by atoms with E-state index in [1.807, 2.05) is 77.7 Å². The van der Waals surface area contributed by atoms with Crippen LogP contribution in [0.1, 0.15) is 31.9 Å². The molecule has 56 heavy (non-hydrogen) atoms. The van der Waals surface area contributed by atoms with E-state index in [0.717, 1.165) is 32.9 Å². The van der Waals surface area contributed by atoms with Crippen LogP contribution in [-0.4, -0.2) is 39.6 Å². The van der Waals surface area contributed by atoms with Gasteiger partial charge in [-0.15, -0.1) is 6.07 Å². The van der Waals surface area contributed by atoms with Crippen LogP contribution < -0.4 is 46.1 Å². The van der Waals surface area contributed by atoms with E-state index in [-0.39, 0.29) is 26.5 Å². The maximum Gasteiger partial charge on any atom is 2.00 e. The molecule has 5 nitrogen and oxygen atoms in total. The molecule has 0 atom stereocenters. The molecule has 0 unspecified atom stereocenters. The van der Waals surface area contributed by atoms with E-state index in [4.69, 9.17) is 9.72 Å². The van der Waals surface area contributed by atoms with Crippen LogP contribution in [0.4, 0.5) is 11.4 Å². The summed E-state index contributed by atoms with van der Waals surface area (Å²) in [7, 11) is -4.69. The zero-order valence-electron chi connectivity index (χ0n) is 32.1. The number of pyridine rings is 1. The van der Waals surface area contributed by atoms with Crippen LogP contribution in [0.3, 0.4) is 0 Å². The number of anilines is 2. The number of nitrogens with zero attached hydrogens (tertiary/aromatic N) is 3. The van der Waals surface area contributed by atoms with Crippen LogP contribution in [0.25, 0.3) is 0 Å². The van der Waals surface area contributed by atoms with E-state index in [1.54, 1.807) is 7.05 Å². The summed E-state index contributed by atoms with van der Waals surface area (Å²) < 4.78 is 6.79. The number of aliphatic imine (C=N–C) groups is 1. The fourth-order valence-electron chi connectivity index (χ4n) is 7.99. The van der Waals surface area contributed by atoms with Gasteiger partial charge in [0.2, 0.25) is 5.88 Å². The van der Waals surface area contributed by atoms with E-state index < -0.39 is 16.4 Å². The van der Waals surface area contributed by atoms with Crippen molar-refractivity contribution in [2.24, 2.45) is 4.99 Å². The zero-order valence-corrected chi connectivity index (χ0v) is 36.4. The molecule has 280 valence electrons. The molecule has 0 amide bonds. The molecule has 0 radical (unpaired) electrons. The molecule has 1 N–H and O–H groups in total. The van der Waals surface area contributed by atoms with Gasteiger partial charge in [0.1, 0.15) is 8.07 Å². The van der Waals surface area contributed by atoms with Crippen LogP contribution in [0.5, 0.6) is 11.6 Å². The van der Waals surface area contributed by atoms with Crippen molar-refractivity contribution in [3.8, 4) is 11.6 Å². The van der Waals surface area contributed by atoms with Gasteiger partial charge < -0.3 is 19.4 Å². The molecule has 0 aliphatic carbocycles. The Kier molecular flexibility index (Phi) is 11.0. The fraction of sp³-hybridized carbons (Fsp3) is 0.125. The summed E-state index contributed by atoms with van der Waals surface area (Å²) in [4.78, 5) is 24.6. The van der Waals surface area contributed by atoms with Crippen molar-refractivity contribution in [1.82, 2.24) is 4.98 Å². The minimum atomic E-state index is -3.55. The zero-order chi connectivity index (χ0) is 38.2. The van der Waals surface area contributed by atoms with Gasteiger partial charge in [0, 0.05) is 25.2 Å². The largest absolute Gasteiger partial charge is 2.00 e. The third-order valence-electron chi connectivity index (χ3n) is 10.6. The van der Waals surface area contributed by atoms with Crippen LogP contribution in [0, 0.1) is 13.0 Å². The minimum Gasteiger partial charge on any atom is -0.483 e. The van der Waals surface area contributed by atoms with E-state index >= 15 is 0 Å². The Balaban J connectivity index is 0.00000480. The first kappa shape index (κ1) is 39.1. The molecule has 0 spiro atoms. The average molecular weight is 945 g/mol. The van der Waals surface area contributed by atoms with Gasteiger partial charge in [0.05, 0.1) is 5.32 Å². The molecular weight excluding hydrogens is 902 g/mol. The Bertz CT molecular complexity index is 2410. The monoisotopic (exact) mass is 944 g/mol. The summed E-state index contributed by atoms with van der Waals surface area (Å²) in [6.07, 6.45) is 3.31. The van der Waals surface area contributed by atoms with Gasteiger partial charge in [0.15, 0.2) is 0 Å². The average Bonchev–Trinajstić information content (AvgIpc) is 3.21. The number of hydrogen-bond acceptors (Lipinski definition) is 4. The first-order chi connectivity index (χ1) is 26.7. The molecule has 2 heterocycles. The summed E-state index contributed by atoms with van der Waals surface area (Å²) in [5.74, 6) is 0.912. The molecule has 1 aliphatic rings. The van der Waals surface area contributed by atoms with Crippen LogP contribution >= 0.6 is 0 Å². The van der Waals surface area contributed by atoms with Crippen LogP contribution in [0.15, 0.2) is 169 Å². The van der Waals surface area contributed by atoms with Crippen LogP contribution in [0.2, 0.25) is 0 Å². The molecule has 0 bridgehead atoms. The number of fused-ring (bicyclic) bond motifs is 2. The van der Waals surface area contributed by atoms with Crippen LogP contribution in [-0.2, 0) is 26.5 Å². The molecule has 7 aromatic rings. The molecule has 0 saturated carbocycles. The van der Waals surface area contributed by atoms with Gasteiger partial charge >= 0.3 is 29.4 Å². The van der Waals surface area contributed by atoms with Crippen molar-refractivity contribution in [3.63, 3.8) is 0 Å². The number of para-hydroxylation sites is 1. The van der Waals surface area contributed by atoms with Crippen molar-refractivity contribution in [2.45, 2.75) is 33.1 Å². The minimum absolute atomic E-state index is 0. The van der Waals surface area contributed by atoms with Gasteiger partial charge in [-0.1, -0.05) is 187 Å². The first-order valence-corrected chi connectivity index (χ1v) is 22.6. The topological polar surface area (TPSA) is 58.0 Å². The number of ether oxygens (including phenoxy) is 1. The Morgan fingerprint density at radius 1 is 0.714 bits per heavy atom. The van der Waals surface area contributed by atoms with Crippen molar-refractivity contribution in [2.75, 3.05) is 11.9 Å². The second kappa shape index (κ2) is 15.8. The van der Waals surface area contributed by atoms with Gasteiger partial charge in [-0.05, 0) is 34.3 Å². The summed E-state index contributed by atoms with van der Waals surface area (Å²) in [5.41, 5.74) is 3.79. The molecule has 6 aromatic carbocycles. The Morgan fingerprint density at radius 3 is 1.80 bits per heavy atom. The third kappa shape index (κ3) is 6.73. The van der Waals surface area contributed by atoms with Crippen molar-refractivity contribution in [3.05, 3.63) is 181 Å². The summed E-state index contributed by atoms with van der Waals surface area (Å²) in [6, 6.07) is 60.2. The summed E-state index contributed by atoms with van der Waals surface area (Å²) in [6.45, 7) is 8.65. The van der Waals surface area contributed by atoms with Gasteiger partial charge in [0.25, 0.3) is 0 Å². The van der Waals surface area contributed by atoms with Crippen molar-refractivity contribution >= 4 is 70.5 Å². The number of aromatic nitrogens is 1. The SMILES string of the molecule is CN=[C-]N1c2[c-]c(Oc3cc(C(C)(C)C)cc([Si](O)(c4ccccc4)c4ccccc4)n3)ccc2[Si](c2ccccc2)(c2ccccc2)c2cccc(C)c21.[Pt+2]. The van der Waals surface area contributed by atoms with E-state index in [9.17, 15) is 4.80 Å². The van der Waals surface area contributed by atoms with Crippen molar-refractivity contribution in [1.29, 1.82) is 0 Å². The number of rotatable bonds is 8. The molecule has 1 aromatic heterocycles. The molecular formula is C48H43N3O2PtSi2. The van der Waals surface area contributed by atoms with Crippen molar-refractivity contribution < 1.29 is 30.6 Å². The smallest absolute Gasteiger partial charge is 0.483 e. The Morgan fingerprint density at radius 2 is 1.27 bits per heavy atom. The second-order valence-corrected chi connectivity index (χ2v) is 21.9. The molecule has 8 rings (SSSR count). The number of aryl methyl sites for hydroxylation is 1. The summed E-state index contributed by atoms with van der Waals surface area (Å²) in [5, 5.41) is 7.31. The molecule has 8 heteroatoms. The predicted octanol–water partition coefficient (Wildman–Crippen LogP) is 5.60. The Labute approximate surface area is 346 Å². The maximum atomic E-state index is 12.9. The van der Waals surface area contributed by atoms with E-state index in [1.165, 1.54) is 20.7 Å². The maximum absolute atomic E-state index is 12.9. The predicted molar refractivity (Wildman–Crippen MR) is 232 cm³/mol. The normalized spacial score (nSPS) is 13.4. The standard InChI is InChI=1S/C48H43N3O2Si2.Pt/c1-35-19-18-28-44-47(35)51(34-49-5)42-33-37(29-30-43(42)54(44,38-20-10-6-11-21-38)39-22-12-7-13-23-39)53-45-31-36(48(2,3)4)32-46(50-45)55(52,40-24-14-8-15-25-40)41-26-16-9-17-27-41;/h6-32,52H,1-5H3;/q-2;+2. The van der Waals surface area contributed by atoms with E-state index in [0.29, 0.717) is 16.9 Å². The second-order valence-electron chi connectivity index (χ2n) is 15.1. The number of hydrogen-bond donors (Lipinski definition) is 1. The molecule has 0 saturated heterocycles. The third-order valence-corrected chi connectivity index (χ3v) is 18.8. The fourth-order valence-corrected chi connectivity index (χ4v) is 16.0. The van der Waals surface area contributed by atoms with Gasteiger partial charge in [-0.3, -0.25) is 0 Å². The van der Waals surface area contributed by atoms with Gasteiger partial charge in [-0.2, -0.15) is 23.0 Å². The van der Waals surface area contributed by atoms with E-state index in [2.05, 4.69) is 136 Å². The molecule has 0 fully saturated rings. The first-order valence-electron chi connectivity index (χ1n) is 18.6. The molecule has 1 aliphatic heterocycles. The quantitative estimate of drug-likeness (QED) is 0.0935. The Hall–Kier alpha value is -5.18. The van der Waals surface area contributed by atoms with Gasteiger partial charge in [-0.25, -0.2) is 4.98 Å².